The average molecular weight is 602 g/mol. The lowest BCUT2D eigenvalue weighted by Gasteiger charge is -2.21. The topological polar surface area (TPSA) is 3.24 Å². The number of unbranched alkanes of at least 4 members (excludes halogenated alkanes) is 26. The van der Waals surface area contributed by atoms with E-state index in [9.17, 15) is 0 Å². The summed E-state index contributed by atoms with van der Waals surface area (Å²) in [6, 6.07) is 0. The molecule has 1 heteroatoms. The van der Waals surface area contributed by atoms with Gasteiger partial charge in [-0.15, -0.1) is 0 Å². The minimum atomic E-state index is 1.16. The van der Waals surface area contributed by atoms with Crippen molar-refractivity contribution in [3.63, 3.8) is 0 Å². The molecule has 0 radical (unpaired) electrons. The van der Waals surface area contributed by atoms with E-state index in [-0.39, 0.29) is 0 Å². The minimum Gasteiger partial charge on any atom is -0.300 e. The van der Waals surface area contributed by atoms with Gasteiger partial charge in [-0.3, -0.25) is 4.90 Å². The summed E-state index contributed by atoms with van der Waals surface area (Å²) < 4.78 is 0. The summed E-state index contributed by atoms with van der Waals surface area (Å²) in [4.78, 5) is 2.77. The highest BCUT2D eigenvalue weighted by molar-refractivity contribution is 5.03. The predicted molar refractivity (Wildman–Crippen MR) is 199 cm³/mol. The smallest absolute Gasteiger partial charge is 0.0165 e. The molecule has 0 aliphatic rings. The van der Waals surface area contributed by atoms with Gasteiger partial charge in [0, 0.05) is 6.54 Å². The van der Waals surface area contributed by atoms with Gasteiger partial charge < -0.3 is 0 Å². The van der Waals surface area contributed by atoms with E-state index in [1.165, 1.54) is 211 Å². The number of rotatable bonds is 35. The van der Waals surface area contributed by atoms with Crippen molar-refractivity contribution in [1.82, 2.24) is 4.90 Å². The Morgan fingerprint density at radius 2 is 0.698 bits per heavy atom. The van der Waals surface area contributed by atoms with Crippen molar-refractivity contribution in [2.24, 2.45) is 0 Å². The Morgan fingerprint density at radius 3 is 1.00 bits per heavy atom. The Balaban J connectivity index is 4.00. The molecule has 0 saturated heterocycles. The fraction of sp³-hybridized carbons (Fsp3) is 0.905. The molecular formula is C42H83N. The molecule has 0 heterocycles. The molecule has 0 aromatic heterocycles. The fourth-order valence-corrected chi connectivity index (χ4v) is 6.33. The van der Waals surface area contributed by atoms with Crippen molar-refractivity contribution in [2.45, 2.75) is 227 Å². The third kappa shape index (κ3) is 35.8. The van der Waals surface area contributed by atoms with Crippen molar-refractivity contribution < 1.29 is 0 Å². The summed E-state index contributed by atoms with van der Waals surface area (Å²) in [5.41, 5.74) is 3.02. The molecule has 256 valence electrons. The molecule has 0 fully saturated rings. The van der Waals surface area contributed by atoms with Crippen LogP contribution in [0.2, 0.25) is 0 Å². The molecule has 0 rings (SSSR count). The van der Waals surface area contributed by atoms with Gasteiger partial charge in [0.2, 0.25) is 0 Å². The summed E-state index contributed by atoms with van der Waals surface area (Å²) in [5, 5.41) is 0. The third-order valence-corrected chi connectivity index (χ3v) is 9.44. The normalized spacial score (nSPS) is 12.0. The molecule has 0 spiro atoms. The van der Waals surface area contributed by atoms with Crippen LogP contribution in [0.4, 0.5) is 0 Å². The van der Waals surface area contributed by atoms with Crippen molar-refractivity contribution in [1.29, 1.82) is 0 Å². The quantitative estimate of drug-likeness (QED) is 0.0516. The Morgan fingerprint density at radius 1 is 0.395 bits per heavy atom. The van der Waals surface area contributed by atoms with Crippen molar-refractivity contribution in [2.75, 3.05) is 19.6 Å². The highest BCUT2D eigenvalue weighted by atomic mass is 15.1. The van der Waals surface area contributed by atoms with E-state index in [0.717, 1.165) is 6.54 Å². The predicted octanol–water partition coefficient (Wildman–Crippen LogP) is 14.9. The first-order valence-electron chi connectivity index (χ1n) is 20.1. The molecule has 0 atom stereocenters. The molecule has 0 N–H and O–H groups in total. The van der Waals surface area contributed by atoms with Gasteiger partial charge in [0.05, 0.1) is 0 Å². The van der Waals surface area contributed by atoms with Crippen LogP contribution in [0.15, 0.2) is 23.3 Å². The standard InChI is InChI=1S/C42H83N/c1-6-8-10-12-14-16-18-20-22-24-26-28-30-32-38-43(40-37-42(5)36-34-35-41(3)4)39-33-31-29-27-25-23-21-19-17-15-13-11-9-7-2/h35,37H,6-34,36,38-40H2,1-5H3/b42-37+. The van der Waals surface area contributed by atoms with Crippen LogP contribution in [0.5, 0.6) is 0 Å². The third-order valence-electron chi connectivity index (χ3n) is 9.44. The van der Waals surface area contributed by atoms with E-state index >= 15 is 0 Å². The van der Waals surface area contributed by atoms with E-state index in [1.807, 2.05) is 0 Å². The van der Waals surface area contributed by atoms with Crippen LogP contribution in [-0.2, 0) is 0 Å². The molecule has 0 aromatic carbocycles. The Labute approximate surface area is 274 Å². The van der Waals surface area contributed by atoms with Gasteiger partial charge in [0.15, 0.2) is 0 Å². The van der Waals surface area contributed by atoms with Crippen LogP contribution in [-0.4, -0.2) is 24.5 Å². The molecule has 0 aliphatic heterocycles. The SMILES string of the molecule is CCCCCCCCCCCCCCCCN(C/C=C(\C)CCC=C(C)C)CCCCCCCCCCCCCCCC. The van der Waals surface area contributed by atoms with Crippen LogP contribution >= 0.6 is 0 Å². The second-order valence-electron chi connectivity index (χ2n) is 14.4. The van der Waals surface area contributed by atoms with Gasteiger partial charge in [-0.05, 0) is 59.5 Å². The summed E-state index contributed by atoms with van der Waals surface area (Å²) in [6.07, 6.45) is 47.9. The van der Waals surface area contributed by atoms with Crippen LogP contribution in [0, 0.1) is 0 Å². The van der Waals surface area contributed by atoms with E-state index in [0.29, 0.717) is 0 Å². The summed E-state index contributed by atoms with van der Waals surface area (Å²) in [7, 11) is 0. The summed E-state index contributed by atoms with van der Waals surface area (Å²) >= 11 is 0. The van der Waals surface area contributed by atoms with Crippen molar-refractivity contribution >= 4 is 0 Å². The summed E-state index contributed by atoms with van der Waals surface area (Å²) in [5.74, 6) is 0. The molecule has 0 bridgehead atoms. The van der Waals surface area contributed by atoms with Gasteiger partial charge in [0.1, 0.15) is 0 Å². The highest BCUT2D eigenvalue weighted by Crippen LogP contribution is 2.15. The van der Waals surface area contributed by atoms with Crippen LogP contribution in [0.1, 0.15) is 227 Å². The molecule has 0 aliphatic carbocycles. The Hall–Kier alpha value is -0.560. The fourth-order valence-electron chi connectivity index (χ4n) is 6.33. The van der Waals surface area contributed by atoms with E-state index in [2.05, 4.69) is 51.7 Å². The van der Waals surface area contributed by atoms with Crippen LogP contribution in [0.25, 0.3) is 0 Å². The maximum Gasteiger partial charge on any atom is 0.0165 e. The molecule has 0 amide bonds. The van der Waals surface area contributed by atoms with Gasteiger partial charge in [-0.25, -0.2) is 0 Å². The van der Waals surface area contributed by atoms with Crippen LogP contribution < -0.4 is 0 Å². The average Bonchev–Trinajstić information content (AvgIpc) is 2.99. The Kier molecular flexibility index (Phi) is 35.4. The maximum atomic E-state index is 2.77. The zero-order valence-electron chi connectivity index (χ0n) is 30.9. The van der Waals surface area contributed by atoms with Crippen molar-refractivity contribution in [3.8, 4) is 0 Å². The number of allylic oxidation sites excluding steroid dienone is 3. The highest BCUT2D eigenvalue weighted by Gasteiger charge is 2.04. The van der Waals surface area contributed by atoms with E-state index in [4.69, 9.17) is 0 Å². The molecule has 0 unspecified atom stereocenters. The minimum absolute atomic E-state index is 1.16. The molecule has 43 heavy (non-hydrogen) atoms. The zero-order chi connectivity index (χ0) is 31.5. The molecular weight excluding hydrogens is 518 g/mol. The molecule has 0 aromatic rings. The van der Waals surface area contributed by atoms with Crippen molar-refractivity contribution in [3.05, 3.63) is 23.3 Å². The largest absolute Gasteiger partial charge is 0.300 e. The molecule has 1 nitrogen and oxygen atoms in total. The Bertz CT molecular complexity index is 552. The summed E-state index contributed by atoms with van der Waals surface area (Å²) in [6.45, 7) is 15.2. The van der Waals surface area contributed by atoms with Gasteiger partial charge in [-0.2, -0.15) is 0 Å². The number of hydrogen-bond donors (Lipinski definition) is 0. The van der Waals surface area contributed by atoms with Gasteiger partial charge >= 0.3 is 0 Å². The first-order chi connectivity index (χ1) is 21.1. The second kappa shape index (κ2) is 35.9. The number of hydrogen-bond acceptors (Lipinski definition) is 1. The lowest BCUT2D eigenvalue weighted by Crippen LogP contribution is -2.26. The zero-order valence-corrected chi connectivity index (χ0v) is 30.9. The maximum absolute atomic E-state index is 2.77. The van der Waals surface area contributed by atoms with Gasteiger partial charge in [0.25, 0.3) is 0 Å². The first kappa shape index (κ1) is 42.4. The first-order valence-corrected chi connectivity index (χ1v) is 20.1. The lowest BCUT2D eigenvalue weighted by atomic mass is 10.0. The molecule has 0 saturated carbocycles. The monoisotopic (exact) mass is 602 g/mol. The van der Waals surface area contributed by atoms with E-state index in [1.54, 1.807) is 5.57 Å². The number of nitrogens with zero attached hydrogens (tertiary/aromatic N) is 1. The van der Waals surface area contributed by atoms with Gasteiger partial charge in [-0.1, -0.05) is 204 Å². The lowest BCUT2D eigenvalue weighted by molar-refractivity contribution is 0.285. The second-order valence-corrected chi connectivity index (χ2v) is 14.4. The van der Waals surface area contributed by atoms with Crippen LogP contribution in [0.3, 0.4) is 0 Å². The van der Waals surface area contributed by atoms with E-state index < -0.39 is 0 Å².